The monoisotopic (exact) mass is 376 g/mol. The van der Waals surface area contributed by atoms with E-state index >= 15 is 0 Å². The number of likely N-dealkylation sites (N-methyl/N-ethyl adjacent to an activating group) is 1. The molecule has 25 heavy (non-hydrogen) atoms. The van der Waals surface area contributed by atoms with Crippen LogP contribution in [0.4, 0.5) is 5.69 Å². The minimum atomic E-state index is -0.207. The summed E-state index contributed by atoms with van der Waals surface area (Å²) in [4.78, 5) is 26.8. The Hall–Kier alpha value is -1.98. The van der Waals surface area contributed by atoms with Crippen molar-refractivity contribution in [3.63, 3.8) is 0 Å². The lowest BCUT2D eigenvalue weighted by Gasteiger charge is -2.17. The predicted octanol–water partition coefficient (Wildman–Crippen LogP) is 4.15. The van der Waals surface area contributed by atoms with E-state index in [9.17, 15) is 9.59 Å². The Morgan fingerprint density at radius 1 is 1.12 bits per heavy atom. The van der Waals surface area contributed by atoms with Crippen molar-refractivity contribution in [2.24, 2.45) is 0 Å². The van der Waals surface area contributed by atoms with Gasteiger partial charge in [0.2, 0.25) is 11.8 Å². The zero-order chi connectivity index (χ0) is 18.4. The molecule has 4 nitrogen and oxygen atoms in total. The fourth-order valence-electron chi connectivity index (χ4n) is 2.17. The van der Waals surface area contributed by atoms with Crippen molar-refractivity contribution in [2.75, 3.05) is 24.7 Å². The summed E-state index contributed by atoms with van der Waals surface area (Å²) in [5.41, 5.74) is 2.92. The maximum atomic E-state index is 12.2. The van der Waals surface area contributed by atoms with Crippen LogP contribution in [0.5, 0.6) is 0 Å². The number of thioether (sulfide) groups is 1. The van der Waals surface area contributed by atoms with Gasteiger partial charge in [-0.25, -0.2) is 0 Å². The van der Waals surface area contributed by atoms with Gasteiger partial charge < -0.3 is 10.2 Å². The average Bonchev–Trinajstić information content (AvgIpc) is 2.58. The number of nitrogens with one attached hydrogen (secondary N) is 1. The van der Waals surface area contributed by atoms with Gasteiger partial charge in [0.1, 0.15) is 0 Å². The van der Waals surface area contributed by atoms with Gasteiger partial charge in [0.05, 0.1) is 12.3 Å². The number of carbonyl (C=O) groups excluding carboxylic acids is 2. The number of hydrogen-bond donors (Lipinski definition) is 1. The zero-order valence-corrected chi connectivity index (χ0v) is 16.1. The van der Waals surface area contributed by atoms with Crippen LogP contribution < -0.4 is 5.32 Å². The van der Waals surface area contributed by atoms with Crippen molar-refractivity contribution >= 4 is 40.9 Å². The Morgan fingerprint density at radius 2 is 1.80 bits per heavy atom. The molecule has 2 aromatic carbocycles. The molecule has 0 aromatic heterocycles. The summed E-state index contributed by atoms with van der Waals surface area (Å²) in [6, 6.07) is 13.1. The molecule has 0 atom stereocenters. The standard InChI is InChI=1S/C19H21ClN2O2S/c1-13-5-4-6-17(14(13)2)21-18(23)11-22(3)19(24)12-25-16-9-7-15(20)8-10-16/h4-10H,11-12H2,1-3H3,(H,21,23). The van der Waals surface area contributed by atoms with Crippen LogP contribution in [0.15, 0.2) is 47.4 Å². The molecular formula is C19H21ClN2O2S. The fourth-order valence-corrected chi connectivity index (χ4v) is 3.13. The second-order valence-corrected chi connectivity index (χ2v) is 7.27. The lowest BCUT2D eigenvalue weighted by atomic mass is 10.1. The minimum absolute atomic E-state index is 0.0212. The summed E-state index contributed by atoms with van der Waals surface area (Å²) >= 11 is 7.26. The molecule has 1 N–H and O–H groups in total. The number of amides is 2. The van der Waals surface area contributed by atoms with Gasteiger partial charge in [-0.3, -0.25) is 9.59 Å². The summed E-state index contributed by atoms with van der Waals surface area (Å²) in [5.74, 6) is -0.0355. The van der Waals surface area contributed by atoms with E-state index in [1.54, 1.807) is 19.2 Å². The van der Waals surface area contributed by atoms with Crippen molar-refractivity contribution in [3.05, 3.63) is 58.6 Å². The van der Waals surface area contributed by atoms with E-state index in [0.717, 1.165) is 21.7 Å². The summed E-state index contributed by atoms with van der Waals surface area (Å²) in [5, 5.41) is 3.53. The summed E-state index contributed by atoms with van der Waals surface area (Å²) < 4.78 is 0. The molecule has 0 radical (unpaired) electrons. The molecule has 0 bridgehead atoms. The van der Waals surface area contributed by atoms with Gasteiger partial charge in [-0.05, 0) is 55.3 Å². The first kappa shape index (κ1) is 19.3. The van der Waals surface area contributed by atoms with Crippen molar-refractivity contribution in [1.29, 1.82) is 0 Å². The Kier molecular flexibility index (Phi) is 6.91. The van der Waals surface area contributed by atoms with Gasteiger partial charge in [-0.15, -0.1) is 11.8 Å². The largest absolute Gasteiger partial charge is 0.336 e. The highest BCUT2D eigenvalue weighted by Gasteiger charge is 2.14. The molecule has 0 saturated carbocycles. The van der Waals surface area contributed by atoms with Gasteiger partial charge in [-0.2, -0.15) is 0 Å². The zero-order valence-electron chi connectivity index (χ0n) is 14.5. The van der Waals surface area contributed by atoms with Crippen LogP contribution in [0.1, 0.15) is 11.1 Å². The summed E-state index contributed by atoms with van der Waals surface area (Å²) in [7, 11) is 1.63. The Bertz CT molecular complexity index is 763. The molecule has 0 fully saturated rings. The highest BCUT2D eigenvalue weighted by Crippen LogP contribution is 2.21. The van der Waals surface area contributed by atoms with Crippen LogP contribution in [0, 0.1) is 13.8 Å². The molecular weight excluding hydrogens is 356 g/mol. The third-order valence-corrected chi connectivity index (χ3v) is 5.11. The molecule has 0 unspecified atom stereocenters. The SMILES string of the molecule is Cc1cccc(NC(=O)CN(C)C(=O)CSc2ccc(Cl)cc2)c1C. The van der Waals surface area contributed by atoms with Crippen molar-refractivity contribution in [1.82, 2.24) is 4.90 Å². The summed E-state index contributed by atoms with van der Waals surface area (Å²) in [6.45, 7) is 3.98. The number of benzene rings is 2. The predicted molar refractivity (Wildman–Crippen MR) is 104 cm³/mol. The van der Waals surface area contributed by atoms with E-state index in [4.69, 9.17) is 11.6 Å². The van der Waals surface area contributed by atoms with E-state index in [0.29, 0.717) is 5.02 Å². The maximum Gasteiger partial charge on any atom is 0.243 e. The van der Waals surface area contributed by atoms with Crippen LogP contribution >= 0.6 is 23.4 Å². The Morgan fingerprint density at radius 3 is 2.48 bits per heavy atom. The highest BCUT2D eigenvalue weighted by molar-refractivity contribution is 8.00. The molecule has 0 spiro atoms. The number of rotatable bonds is 6. The molecule has 132 valence electrons. The van der Waals surface area contributed by atoms with Crippen LogP contribution in [0.25, 0.3) is 0 Å². The fraction of sp³-hybridized carbons (Fsp3) is 0.263. The number of anilines is 1. The van der Waals surface area contributed by atoms with Gasteiger partial charge in [-0.1, -0.05) is 23.7 Å². The van der Waals surface area contributed by atoms with Crippen molar-refractivity contribution in [2.45, 2.75) is 18.7 Å². The van der Waals surface area contributed by atoms with Crippen LogP contribution in [-0.4, -0.2) is 36.1 Å². The quantitative estimate of drug-likeness (QED) is 0.770. The van der Waals surface area contributed by atoms with Gasteiger partial charge >= 0.3 is 0 Å². The molecule has 0 saturated heterocycles. The molecule has 2 aromatic rings. The number of nitrogens with zero attached hydrogens (tertiary/aromatic N) is 1. The minimum Gasteiger partial charge on any atom is -0.336 e. The molecule has 2 amide bonds. The van der Waals surface area contributed by atoms with Crippen molar-refractivity contribution in [3.8, 4) is 0 Å². The van der Waals surface area contributed by atoms with Gasteiger partial charge in [0.15, 0.2) is 0 Å². The number of aryl methyl sites for hydroxylation is 1. The smallest absolute Gasteiger partial charge is 0.243 e. The van der Waals surface area contributed by atoms with Crippen LogP contribution in [0.3, 0.4) is 0 Å². The maximum absolute atomic E-state index is 12.2. The first-order valence-electron chi connectivity index (χ1n) is 7.85. The topological polar surface area (TPSA) is 49.4 Å². The molecule has 2 rings (SSSR count). The van der Waals surface area contributed by atoms with Gasteiger partial charge in [0, 0.05) is 22.7 Å². The Balaban J connectivity index is 1.84. The first-order chi connectivity index (χ1) is 11.9. The van der Waals surface area contributed by atoms with E-state index in [-0.39, 0.29) is 24.1 Å². The van der Waals surface area contributed by atoms with Gasteiger partial charge in [0.25, 0.3) is 0 Å². The van der Waals surface area contributed by atoms with E-state index < -0.39 is 0 Å². The molecule has 0 aliphatic carbocycles. The van der Waals surface area contributed by atoms with E-state index in [1.807, 2.05) is 44.2 Å². The van der Waals surface area contributed by atoms with Crippen LogP contribution in [0.2, 0.25) is 5.02 Å². The third-order valence-electron chi connectivity index (χ3n) is 3.86. The molecule has 0 aliphatic heterocycles. The lowest BCUT2D eigenvalue weighted by molar-refractivity contribution is -0.131. The van der Waals surface area contributed by atoms with Crippen molar-refractivity contribution < 1.29 is 9.59 Å². The third kappa shape index (κ3) is 5.80. The van der Waals surface area contributed by atoms with E-state index in [1.165, 1.54) is 16.7 Å². The van der Waals surface area contributed by atoms with E-state index in [2.05, 4.69) is 5.32 Å². The summed E-state index contributed by atoms with van der Waals surface area (Å²) in [6.07, 6.45) is 0. The lowest BCUT2D eigenvalue weighted by Crippen LogP contribution is -2.36. The number of halogens is 1. The normalized spacial score (nSPS) is 10.4. The number of hydrogen-bond acceptors (Lipinski definition) is 3. The second-order valence-electron chi connectivity index (χ2n) is 5.79. The Labute approximate surface area is 157 Å². The van der Waals surface area contributed by atoms with Crippen LogP contribution in [-0.2, 0) is 9.59 Å². The molecule has 0 aliphatic rings. The second kappa shape index (κ2) is 8.92. The first-order valence-corrected chi connectivity index (χ1v) is 9.21. The molecule has 0 heterocycles. The highest BCUT2D eigenvalue weighted by atomic mass is 35.5. The molecule has 6 heteroatoms. The number of carbonyl (C=O) groups is 2. The average molecular weight is 377 g/mol.